The number of carbonyl (C=O) groups excluding carboxylic acids is 2. The first-order chi connectivity index (χ1) is 13.9. The number of nitrogens with one attached hydrogen (secondary N) is 2. The number of hydrogen-bond donors (Lipinski definition) is 3. The normalized spacial score (nSPS) is 12.8. The van der Waals surface area contributed by atoms with Gasteiger partial charge in [-0.1, -0.05) is 13.0 Å². The van der Waals surface area contributed by atoms with E-state index in [1.54, 1.807) is 26.1 Å². The van der Waals surface area contributed by atoms with Crippen molar-refractivity contribution in [3.63, 3.8) is 0 Å². The molecule has 10 heteroatoms. The summed E-state index contributed by atoms with van der Waals surface area (Å²) < 4.78 is 0. The topological polar surface area (TPSA) is 152 Å². The number of carbonyl (C=O) groups is 2. The number of hydrogen-bond acceptors (Lipinski definition) is 8. The summed E-state index contributed by atoms with van der Waals surface area (Å²) in [5.41, 5.74) is 6.69. The van der Waals surface area contributed by atoms with Crippen molar-refractivity contribution in [1.29, 1.82) is 0 Å². The van der Waals surface area contributed by atoms with Gasteiger partial charge in [0.15, 0.2) is 0 Å². The second kappa shape index (κ2) is 8.38. The van der Waals surface area contributed by atoms with Crippen LogP contribution in [-0.4, -0.2) is 32.8 Å². The SMILES string of the molecule is CC(Nc1ncc(C(=O)N=O)c(Nc2ccc3ncccc3c2)n1)C(C)C(N)=O. The highest BCUT2D eigenvalue weighted by atomic mass is 16.3. The van der Waals surface area contributed by atoms with Crippen molar-refractivity contribution in [2.24, 2.45) is 16.8 Å². The fourth-order valence-corrected chi connectivity index (χ4v) is 2.62. The van der Waals surface area contributed by atoms with E-state index in [0.717, 1.165) is 10.9 Å². The number of anilines is 3. The zero-order valence-electron chi connectivity index (χ0n) is 15.8. The average molecular weight is 393 g/mol. The van der Waals surface area contributed by atoms with Crippen molar-refractivity contribution in [1.82, 2.24) is 15.0 Å². The maximum Gasteiger partial charge on any atom is 0.322 e. The zero-order valence-corrected chi connectivity index (χ0v) is 15.8. The third-order valence-electron chi connectivity index (χ3n) is 4.52. The Kier molecular flexibility index (Phi) is 5.72. The van der Waals surface area contributed by atoms with Crippen LogP contribution >= 0.6 is 0 Å². The number of nitroso groups, excluding NO2 is 1. The Bertz CT molecular complexity index is 1090. The fourth-order valence-electron chi connectivity index (χ4n) is 2.62. The fraction of sp³-hybridized carbons (Fsp3) is 0.211. The average Bonchev–Trinajstić information content (AvgIpc) is 2.72. The Morgan fingerprint density at radius 1 is 1.17 bits per heavy atom. The van der Waals surface area contributed by atoms with Gasteiger partial charge >= 0.3 is 5.91 Å². The molecule has 3 aromatic rings. The van der Waals surface area contributed by atoms with E-state index in [2.05, 4.69) is 30.8 Å². The minimum atomic E-state index is -1.000. The maximum absolute atomic E-state index is 11.9. The Morgan fingerprint density at radius 2 is 1.97 bits per heavy atom. The molecule has 0 fully saturated rings. The molecule has 0 saturated carbocycles. The molecule has 1 aromatic carbocycles. The molecule has 3 rings (SSSR count). The molecule has 0 radical (unpaired) electrons. The van der Waals surface area contributed by atoms with Gasteiger partial charge in [-0.15, -0.1) is 4.91 Å². The van der Waals surface area contributed by atoms with Crippen LogP contribution in [0.15, 0.2) is 47.9 Å². The lowest BCUT2D eigenvalue weighted by Crippen LogP contribution is -2.34. The van der Waals surface area contributed by atoms with Gasteiger partial charge in [0, 0.05) is 34.7 Å². The minimum Gasteiger partial charge on any atom is -0.369 e. The van der Waals surface area contributed by atoms with Crippen LogP contribution in [0.4, 0.5) is 17.5 Å². The van der Waals surface area contributed by atoms with Crippen molar-refractivity contribution in [2.45, 2.75) is 19.9 Å². The van der Waals surface area contributed by atoms with E-state index in [9.17, 15) is 14.5 Å². The molecule has 0 aliphatic heterocycles. The lowest BCUT2D eigenvalue weighted by Gasteiger charge is -2.19. The number of benzene rings is 1. The number of pyridine rings is 1. The first kappa shape index (κ1) is 19.8. The Balaban J connectivity index is 1.94. The molecular weight excluding hydrogens is 374 g/mol. The van der Waals surface area contributed by atoms with Crippen LogP contribution in [0, 0.1) is 10.8 Å². The van der Waals surface area contributed by atoms with E-state index in [1.807, 2.05) is 24.3 Å². The predicted molar refractivity (Wildman–Crippen MR) is 109 cm³/mol. The molecule has 2 amide bonds. The van der Waals surface area contributed by atoms with Gasteiger partial charge in [0.05, 0.1) is 11.4 Å². The van der Waals surface area contributed by atoms with E-state index >= 15 is 0 Å². The molecule has 0 saturated heterocycles. The zero-order chi connectivity index (χ0) is 21.0. The number of fused-ring (bicyclic) bond motifs is 1. The number of amides is 2. The van der Waals surface area contributed by atoms with E-state index in [0.29, 0.717) is 5.69 Å². The molecule has 2 heterocycles. The van der Waals surface area contributed by atoms with Gasteiger partial charge < -0.3 is 16.4 Å². The molecule has 0 bridgehead atoms. The van der Waals surface area contributed by atoms with Crippen LogP contribution in [0.3, 0.4) is 0 Å². The van der Waals surface area contributed by atoms with Crippen LogP contribution in [0.25, 0.3) is 10.9 Å². The maximum atomic E-state index is 11.9. The van der Waals surface area contributed by atoms with Gasteiger partial charge in [-0.2, -0.15) is 4.98 Å². The Morgan fingerprint density at radius 3 is 2.69 bits per heavy atom. The standard InChI is InChI=1S/C19H19N7O3/c1-10(16(20)27)11(2)23-19-22-9-14(18(28)26-29)17(25-19)24-13-5-6-15-12(8-13)4-3-7-21-15/h3-11H,1-2H3,(H2,20,27)(H2,22,23,24,25). The van der Waals surface area contributed by atoms with Crippen LogP contribution < -0.4 is 16.4 Å². The summed E-state index contributed by atoms with van der Waals surface area (Å²) in [4.78, 5) is 46.6. The lowest BCUT2D eigenvalue weighted by molar-refractivity contribution is -0.121. The summed E-state index contributed by atoms with van der Waals surface area (Å²) in [5.74, 6) is -1.67. The van der Waals surface area contributed by atoms with E-state index in [1.165, 1.54) is 6.20 Å². The molecule has 2 unspecified atom stereocenters. The van der Waals surface area contributed by atoms with Crippen molar-refractivity contribution in [3.8, 4) is 0 Å². The Hall–Kier alpha value is -3.95. The number of rotatable bonds is 7. The monoisotopic (exact) mass is 393 g/mol. The highest BCUT2D eigenvalue weighted by molar-refractivity contribution is 6.00. The highest BCUT2D eigenvalue weighted by Gasteiger charge is 2.20. The third kappa shape index (κ3) is 4.49. The van der Waals surface area contributed by atoms with Gasteiger partial charge in [0.25, 0.3) is 0 Å². The number of primary amides is 1. The quantitative estimate of drug-likeness (QED) is 0.518. The Labute approximate surface area is 165 Å². The molecule has 10 nitrogen and oxygen atoms in total. The molecule has 0 aliphatic rings. The number of nitrogens with two attached hydrogens (primary N) is 1. The van der Waals surface area contributed by atoms with Crippen molar-refractivity contribution in [3.05, 3.63) is 53.2 Å². The van der Waals surface area contributed by atoms with Crippen molar-refractivity contribution in [2.75, 3.05) is 10.6 Å². The summed E-state index contributed by atoms with van der Waals surface area (Å²) in [5, 5.41) is 9.32. The van der Waals surface area contributed by atoms with Crippen molar-refractivity contribution >= 4 is 40.2 Å². The van der Waals surface area contributed by atoms with Crippen LogP contribution in [0.5, 0.6) is 0 Å². The van der Waals surface area contributed by atoms with Crippen LogP contribution in [-0.2, 0) is 4.79 Å². The molecule has 2 atom stereocenters. The summed E-state index contributed by atoms with van der Waals surface area (Å²) in [7, 11) is 0. The highest BCUT2D eigenvalue weighted by Crippen LogP contribution is 2.24. The summed E-state index contributed by atoms with van der Waals surface area (Å²) in [6, 6.07) is 8.77. The summed E-state index contributed by atoms with van der Waals surface area (Å²) >= 11 is 0. The smallest absolute Gasteiger partial charge is 0.322 e. The summed E-state index contributed by atoms with van der Waals surface area (Å²) in [6.45, 7) is 3.44. The van der Waals surface area contributed by atoms with Gasteiger partial charge in [0.2, 0.25) is 11.9 Å². The molecule has 29 heavy (non-hydrogen) atoms. The first-order valence-electron chi connectivity index (χ1n) is 8.81. The molecule has 0 aliphatic carbocycles. The molecule has 148 valence electrons. The second-order valence-corrected chi connectivity index (χ2v) is 6.51. The largest absolute Gasteiger partial charge is 0.369 e. The van der Waals surface area contributed by atoms with Crippen LogP contribution in [0.2, 0.25) is 0 Å². The lowest BCUT2D eigenvalue weighted by atomic mass is 10.0. The molecule has 4 N–H and O–H groups in total. The molecule has 2 aromatic heterocycles. The van der Waals surface area contributed by atoms with E-state index in [4.69, 9.17) is 5.73 Å². The molecular formula is C19H19N7O3. The van der Waals surface area contributed by atoms with Gasteiger partial charge in [0.1, 0.15) is 11.4 Å². The van der Waals surface area contributed by atoms with Crippen molar-refractivity contribution < 1.29 is 9.59 Å². The third-order valence-corrected chi connectivity index (χ3v) is 4.52. The van der Waals surface area contributed by atoms with Gasteiger partial charge in [-0.3, -0.25) is 14.6 Å². The number of nitrogens with zero attached hydrogens (tertiary/aromatic N) is 4. The van der Waals surface area contributed by atoms with E-state index < -0.39 is 17.7 Å². The number of aromatic nitrogens is 3. The van der Waals surface area contributed by atoms with E-state index in [-0.39, 0.29) is 23.4 Å². The first-order valence-corrected chi connectivity index (χ1v) is 8.81. The van der Waals surface area contributed by atoms with Gasteiger partial charge in [-0.05, 0) is 31.2 Å². The summed E-state index contributed by atoms with van der Waals surface area (Å²) in [6.07, 6.45) is 2.89. The minimum absolute atomic E-state index is 0.0764. The molecule has 0 spiro atoms. The predicted octanol–water partition coefficient (Wildman–Crippen LogP) is 2.60. The second-order valence-electron chi connectivity index (χ2n) is 6.51. The van der Waals surface area contributed by atoms with Gasteiger partial charge in [-0.25, -0.2) is 4.98 Å². The van der Waals surface area contributed by atoms with Crippen LogP contribution in [0.1, 0.15) is 24.2 Å².